The van der Waals surface area contributed by atoms with E-state index in [4.69, 9.17) is 38.4 Å². The van der Waals surface area contributed by atoms with Gasteiger partial charge in [-0.1, -0.05) is 23.2 Å². The zero-order valence-corrected chi connectivity index (χ0v) is 14.1. The second-order valence-corrected chi connectivity index (χ2v) is 6.73. The van der Waals surface area contributed by atoms with Gasteiger partial charge in [-0.25, -0.2) is 13.1 Å². The normalized spacial score (nSPS) is 13.4. The monoisotopic (exact) mass is 356 g/mol. The molecule has 0 radical (unpaired) electrons. The van der Waals surface area contributed by atoms with Crippen LogP contribution in [0, 0.1) is 0 Å². The van der Waals surface area contributed by atoms with Crippen LogP contribution in [-0.2, 0) is 26.0 Å². The molecule has 21 heavy (non-hydrogen) atoms. The second-order valence-electron chi connectivity index (χ2n) is 4.21. The van der Waals surface area contributed by atoms with Crippen LogP contribution < -0.4 is 10.5 Å². The number of rotatable bonds is 8. The third-order valence-electron chi connectivity index (χ3n) is 2.83. The molecule has 0 saturated heterocycles. The van der Waals surface area contributed by atoms with E-state index in [1.54, 1.807) is 0 Å². The maximum absolute atomic E-state index is 12.3. The van der Waals surface area contributed by atoms with E-state index in [0.717, 1.165) is 0 Å². The smallest absolute Gasteiger partial charge is 0.242 e. The Morgan fingerprint density at radius 1 is 1.33 bits per heavy atom. The zero-order chi connectivity index (χ0) is 16.0. The highest BCUT2D eigenvalue weighted by Gasteiger charge is 2.22. The summed E-state index contributed by atoms with van der Waals surface area (Å²) in [5, 5.41) is 0.355. The van der Waals surface area contributed by atoms with Crippen LogP contribution in [0.3, 0.4) is 0 Å². The number of benzene rings is 1. The molecule has 9 heteroatoms. The minimum Gasteiger partial charge on any atom is -0.382 e. The van der Waals surface area contributed by atoms with E-state index < -0.39 is 16.1 Å². The van der Waals surface area contributed by atoms with Crippen molar-refractivity contribution in [3.8, 4) is 0 Å². The molecule has 0 saturated carbocycles. The molecule has 6 nitrogen and oxygen atoms in total. The third kappa shape index (κ3) is 4.79. The number of nitrogens with two attached hydrogens (primary N) is 1. The lowest BCUT2D eigenvalue weighted by Crippen LogP contribution is -2.35. The van der Waals surface area contributed by atoms with E-state index in [-0.39, 0.29) is 29.6 Å². The van der Waals surface area contributed by atoms with E-state index in [1.807, 2.05) is 0 Å². The van der Waals surface area contributed by atoms with Crippen molar-refractivity contribution in [3.05, 3.63) is 27.7 Å². The first kappa shape index (κ1) is 18.6. The van der Waals surface area contributed by atoms with E-state index in [0.29, 0.717) is 10.6 Å². The Morgan fingerprint density at radius 2 is 2.00 bits per heavy atom. The molecule has 1 unspecified atom stereocenters. The van der Waals surface area contributed by atoms with Gasteiger partial charge in [0.15, 0.2) is 0 Å². The molecule has 0 heterocycles. The van der Waals surface area contributed by atoms with Crippen LogP contribution >= 0.6 is 23.2 Å². The highest BCUT2D eigenvalue weighted by molar-refractivity contribution is 7.89. The van der Waals surface area contributed by atoms with Gasteiger partial charge >= 0.3 is 0 Å². The predicted molar refractivity (Wildman–Crippen MR) is 82.2 cm³/mol. The van der Waals surface area contributed by atoms with Crippen molar-refractivity contribution >= 4 is 33.2 Å². The highest BCUT2D eigenvalue weighted by atomic mass is 35.5. The van der Waals surface area contributed by atoms with Crippen molar-refractivity contribution in [2.75, 3.05) is 27.4 Å². The van der Waals surface area contributed by atoms with Crippen molar-refractivity contribution in [1.29, 1.82) is 0 Å². The van der Waals surface area contributed by atoms with E-state index in [2.05, 4.69) is 4.72 Å². The summed E-state index contributed by atoms with van der Waals surface area (Å²) in [5.41, 5.74) is 5.92. The van der Waals surface area contributed by atoms with Crippen molar-refractivity contribution in [1.82, 2.24) is 4.72 Å². The van der Waals surface area contributed by atoms with Crippen molar-refractivity contribution < 1.29 is 17.9 Å². The number of hydrogen-bond acceptors (Lipinski definition) is 5. The predicted octanol–water partition coefficient (Wildman–Crippen LogP) is 1.39. The van der Waals surface area contributed by atoms with Crippen LogP contribution in [0.4, 0.5) is 0 Å². The molecule has 1 atom stereocenters. The van der Waals surface area contributed by atoms with Crippen LogP contribution in [0.1, 0.15) is 5.56 Å². The van der Waals surface area contributed by atoms with E-state index in [1.165, 1.54) is 26.4 Å². The fourth-order valence-corrected chi connectivity index (χ4v) is 3.64. The molecule has 3 N–H and O–H groups in total. The Labute approximate surface area is 134 Å². The zero-order valence-electron chi connectivity index (χ0n) is 11.7. The lowest BCUT2D eigenvalue weighted by Gasteiger charge is -2.16. The molecule has 0 spiro atoms. The molecule has 0 aliphatic carbocycles. The SMILES string of the molecule is COCC(CNS(=O)(=O)c1ccc(Cl)c(CN)c1Cl)OC. The first-order valence-corrected chi connectivity index (χ1v) is 8.29. The maximum atomic E-state index is 12.3. The van der Waals surface area contributed by atoms with E-state index >= 15 is 0 Å². The number of sulfonamides is 1. The average Bonchev–Trinajstić information content (AvgIpc) is 2.43. The van der Waals surface area contributed by atoms with Crippen LogP contribution in [0.15, 0.2) is 17.0 Å². The van der Waals surface area contributed by atoms with Crippen LogP contribution in [0.5, 0.6) is 0 Å². The van der Waals surface area contributed by atoms with Crippen LogP contribution in [0.2, 0.25) is 10.0 Å². The average molecular weight is 357 g/mol. The van der Waals surface area contributed by atoms with Gasteiger partial charge in [-0.05, 0) is 12.1 Å². The molecular formula is C12H18Cl2N2O4S. The number of hydrogen-bond donors (Lipinski definition) is 2. The maximum Gasteiger partial charge on any atom is 0.242 e. The Kier molecular flexibility index (Phi) is 7.35. The largest absolute Gasteiger partial charge is 0.382 e. The van der Waals surface area contributed by atoms with Gasteiger partial charge in [0.25, 0.3) is 0 Å². The topological polar surface area (TPSA) is 90.7 Å². The Bertz CT molecular complexity index is 581. The van der Waals surface area contributed by atoms with Crippen molar-refractivity contribution in [2.24, 2.45) is 5.73 Å². The van der Waals surface area contributed by atoms with Crippen LogP contribution in [0.25, 0.3) is 0 Å². The van der Waals surface area contributed by atoms with Gasteiger partial charge in [-0.15, -0.1) is 0 Å². The van der Waals surface area contributed by atoms with Crippen molar-refractivity contribution in [2.45, 2.75) is 17.5 Å². The van der Waals surface area contributed by atoms with Gasteiger partial charge in [-0.2, -0.15) is 0 Å². The first-order valence-electron chi connectivity index (χ1n) is 6.05. The summed E-state index contributed by atoms with van der Waals surface area (Å²) in [4.78, 5) is -0.0683. The second kappa shape index (κ2) is 8.28. The van der Waals surface area contributed by atoms with Crippen molar-refractivity contribution in [3.63, 3.8) is 0 Å². The highest BCUT2D eigenvalue weighted by Crippen LogP contribution is 2.30. The van der Waals surface area contributed by atoms with Crippen LogP contribution in [-0.4, -0.2) is 41.9 Å². The third-order valence-corrected chi connectivity index (χ3v) is 5.19. The Balaban J connectivity index is 2.98. The minimum atomic E-state index is -3.80. The summed E-state index contributed by atoms with van der Waals surface area (Å²) in [5.74, 6) is 0. The summed E-state index contributed by atoms with van der Waals surface area (Å²) in [6.07, 6.45) is -0.398. The molecule has 0 fully saturated rings. The minimum absolute atomic E-state index is 0.0261. The molecule has 0 aliphatic heterocycles. The quantitative estimate of drug-likeness (QED) is 0.734. The molecule has 0 bridgehead atoms. The molecule has 0 amide bonds. The summed E-state index contributed by atoms with van der Waals surface area (Å²) in [7, 11) is -0.819. The van der Waals surface area contributed by atoms with Gasteiger partial charge in [0, 0.05) is 37.9 Å². The Morgan fingerprint density at radius 3 is 2.52 bits per heavy atom. The lowest BCUT2D eigenvalue weighted by molar-refractivity contribution is 0.0320. The number of nitrogens with one attached hydrogen (secondary N) is 1. The molecule has 120 valence electrons. The fraction of sp³-hybridized carbons (Fsp3) is 0.500. The number of ether oxygens (including phenoxy) is 2. The molecule has 1 aromatic rings. The van der Waals surface area contributed by atoms with Gasteiger partial charge in [0.1, 0.15) is 4.90 Å². The molecule has 0 aliphatic rings. The van der Waals surface area contributed by atoms with Gasteiger partial charge in [0.2, 0.25) is 10.0 Å². The number of halogens is 2. The summed E-state index contributed by atoms with van der Waals surface area (Å²) in [6, 6.07) is 2.79. The number of methoxy groups -OCH3 is 2. The summed E-state index contributed by atoms with van der Waals surface area (Å²) < 4.78 is 37.0. The standard InChI is InChI=1S/C12H18Cl2N2O4S/c1-19-7-8(20-2)6-16-21(17,18)11-4-3-10(13)9(5-15)12(11)14/h3-4,8,16H,5-7,15H2,1-2H3. The molecule has 0 aromatic heterocycles. The molecule has 1 aromatic carbocycles. The fourth-order valence-electron chi connectivity index (χ4n) is 1.65. The molecule has 1 rings (SSSR count). The lowest BCUT2D eigenvalue weighted by atomic mass is 10.2. The van der Waals surface area contributed by atoms with Gasteiger partial charge in [-0.3, -0.25) is 0 Å². The Hall–Kier alpha value is -0.410. The molecular weight excluding hydrogens is 339 g/mol. The first-order chi connectivity index (χ1) is 9.87. The van der Waals surface area contributed by atoms with Gasteiger partial charge < -0.3 is 15.2 Å². The van der Waals surface area contributed by atoms with Gasteiger partial charge in [0.05, 0.1) is 17.7 Å². The summed E-state index contributed by atoms with van der Waals surface area (Å²) >= 11 is 12.0. The summed E-state index contributed by atoms with van der Waals surface area (Å²) in [6.45, 7) is 0.371. The van der Waals surface area contributed by atoms with E-state index in [9.17, 15) is 8.42 Å².